The number of thiophene rings is 1. The van der Waals surface area contributed by atoms with Crippen molar-refractivity contribution in [2.45, 2.75) is 26.0 Å². The summed E-state index contributed by atoms with van der Waals surface area (Å²) in [6.07, 6.45) is 0.898. The van der Waals surface area contributed by atoms with Crippen molar-refractivity contribution in [2.75, 3.05) is 0 Å². The van der Waals surface area contributed by atoms with Crippen molar-refractivity contribution < 1.29 is 4.74 Å². The minimum Gasteiger partial charge on any atom is -0.489 e. The second-order valence-corrected chi connectivity index (χ2v) is 6.28. The number of ether oxygens (including phenoxy) is 1. The van der Waals surface area contributed by atoms with Gasteiger partial charge in [0.15, 0.2) is 0 Å². The van der Waals surface area contributed by atoms with Crippen LogP contribution in [0.4, 0.5) is 0 Å². The first-order chi connectivity index (χ1) is 10.2. The average molecular weight is 297 g/mol. The van der Waals surface area contributed by atoms with Crippen LogP contribution in [0.3, 0.4) is 0 Å². The summed E-state index contributed by atoms with van der Waals surface area (Å²) in [6, 6.07) is 16.8. The van der Waals surface area contributed by atoms with Gasteiger partial charge in [-0.1, -0.05) is 30.3 Å². The van der Waals surface area contributed by atoms with Crippen LogP contribution in [0.15, 0.2) is 53.9 Å². The molecule has 0 aliphatic carbocycles. The summed E-state index contributed by atoms with van der Waals surface area (Å²) in [5.41, 5.74) is 8.30. The summed E-state index contributed by atoms with van der Waals surface area (Å²) >= 11 is 1.76. The number of hydrogen-bond acceptors (Lipinski definition) is 3. The lowest BCUT2D eigenvalue weighted by Crippen LogP contribution is -2.17. The molecular weight excluding hydrogens is 278 g/mol. The molecule has 0 radical (unpaired) electrons. The first-order valence-electron chi connectivity index (χ1n) is 7.15. The van der Waals surface area contributed by atoms with Crippen LogP contribution in [-0.4, -0.2) is 6.04 Å². The molecule has 1 heterocycles. The molecule has 2 nitrogen and oxygen atoms in total. The van der Waals surface area contributed by atoms with Gasteiger partial charge in [0, 0.05) is 16.3 Å². The minimum atomic E-state index is 0.189. The molecule has 0 saturated carbocycles. The quantitative estimate of drug-likeness (QED) is 0.759. The van der Waals surface area contributed by atoms with Gasteiger partial charge in [-0.2, -0.15) is 0 Å². The Hall–Kier alpha value is -1.84. The average Bonchev–Trinajstić information content (AvgIpc) is 2.89. The predicted molar refractivity (Wildman–Crippen MR) is 90.0 cm³/mol. The maximum absolute atomic E-state index is 5.89. The molecule has 3 rings (SSSR count). The van der Waals surface area contributed by atoms with E-state index in [-0.39, 0.29) is 6.04 Å². The number of rotatable bonds is 5. The van der Waals surface area contributed by atoms with Crippen LogP contribution < -0.4 is 10.5 Å². The van der Waals surface area contributed by atoms with E-state index in [2.05, 4.69) is 41.8 Å². The van der Waals surface area contributed by atoms with E-state index in [1.165, 1.54) is 21.2 Å². The Morgan fingerprint density at radius 1 is 1.10 bits per heavy atom. The van der Waals surface area contributed by atoms with Crippen LogP contribution in [0.1, 0.15) is 18.1 Å². The molecule has 0 saturated heterocycles. The smallest absolute Gasteiger partial charge is 0.119 e. The second-order valence-electron chi connectivity index (χ2n) is 5.37. The normalized spacial score (nSPS) is 12.5. The Kier molecular flexibility index (Phi) is 4.23. The van der Waals surface area contributed by atoms with E-state index in [1.807, 2.05) is 19.1 Å². The molecule has 3 heteroatoms. The highest BCUT2D eigenvalue weighted by Crippen LogP contribution is 2.26. The Bertz CT molecular complexity index is 715. The van der Waals surface area contributed by atoms with E-state index in [0.29, 0.717) is 6.61 Å². The van der Waals surface area contributed by atoms with Crippen LogP contribution in [0.5, 0.6) is 5.75 Å². The van der Waals surface area contributed by atoms with Crippen molar-refractivity contribution in [3.63, 3.8) is 0 Å². The van der Waals surface area contributed by atoms with Gasteiger partial charge >= 0.3 is 0 Å². The van der Waals surface area contributed by atoms with Crippen LogP contribution in [0.25, 0.3) is 10.1 Å². The molecular formula is C18H19NOS. The highest BCUT2D eigenvalue weighted by Gasteiger charge is 2.04. The number of benzene rings is 2. The van der Waals surface area contributed by atoms with E-state index in [9.17, 15) is 0 Å². The van der Waals surface area contributed by atoms with Gasteiger partial charge in [0.05, 0.1) is 0 Å². The standard InChI is InChI=1S/C18H19NOS/c1-13(19)10-14-6-8-16(9-7-14)20-11-15-12-21-18-5-3-2-4-17(15)18/h2-9,12-13H,10-11,19H2,1H3. The maximum atomic E-state index is 5.89. The summed E-state index contributed by atoms with van der Waals surface area (Å²) in [4.78, 5) is 0. The van der Waals surface area contributed by atoms with Crippen LogP contribution in [0, 0.1) is 0 Å². The van der Waals surface area contributed by atoms with Gasteiger partial charge in [-0.05, 0) is 47.9 Å². The van der Waals surface area contributed by atoms with Gasteiger partial charge in [0.2, 0.25) is 0 Å². The van der Waals surface area contributed by atoms with Gasteiger partial charge in [-0.3, -0.25) is 0 Å². The lowest BCUT2D eigenvalue weighted by molar-refractivity contribution is 0.308. The van der Waals surface area contributed by atoms with Gasteiger partial charge in [-0.15, -0.1) is 11.3 Å². The zero-order valence-corrected chi connectivity index (χ0v) is 12.9. The first-order valence-corrected chi connectivity index (χ1v) is 8.03. The summed E-state index contributed by atoms with van der Waals surface area (Å²) in [5.74, 6) is 0.902. The predicted octanol–water partition coefficient (Wildman–Crippen LogP) is 4.37. The lowest BCUT2D eigenvalue weighted by atomic mass is 10.1. The van der Waals surface area contributed by atoms with Gasteiger partial charge < -0.3 is 10.5 Å². The van der Waals surface area contributed by atoms with E-state index >= 15 is 0 Å². The molecule has 3 aromatic rings. The summed E-state index contributed by atoms with van der Waals surface area (Å²) in [7, 11) is 0. The molecule has 2 N–H and O–H groups in total. The van der Waals surface area contributed by atoms with Crippen molar-refractivity contribution in [1.29, 1.82) is 0 Å². The molecule has 21 heavy (non-hydrogen) atoms. The summed E-state index contributed by atoms with van der Waals surface area (Å²) in [6.45, 7) is 2.63. The third-order valence-electron chi connectivity index (χ3n) is 3.44. The topological polar surface area (TPSA) is 35.2 Å². The van der Waals surface area contributed by atoms with E-state index in [1.54, 1.807) is 11.3 Å². The van der Waals surface area contributed by atoms with Gasteiger partial charge in [0.1, 0.15) is 12.4 Å². The minimum absolute atomic E-state index is 0.189. The van der Waals surface area contributed by atoms with Crippen molar-refractivity contribution >= 4 is 21.4 Å². The fourth-order valence-corrected chi connectivity index (χ4v) is 3.35. The molecule has 0 spiro atoms. The molecule has 108 valence electrons. The zero-order chi connectivity index (χ0) is 14.7. The number of nitrogens with two attached hydrogens (primary N) is 1. The van der Waals surface area contributed by atoms with Gasteiger partial charge in [-0.25, -0.2) is 0 Å². The second kappa shape index (κ2) is 6.29. The Labute approximate surface area is 129 Å². The SMILES string of the molecule is CC(N)Cc1ccc(OCc2csc3ccccc23)cc1. The Morgan fingerprint density at radius 2 is 1.86 bits per heavy atom. The first kappa shape index (κ1) is 14.1. The zero-order valence-electron chi connectivity index (χ0n) is 12.1. The van der Waals surface area contributed by atoms with E-state index in [4.69, 9.17) is 10.5 Å². The summed E-state index contributed by atoms with van der Waals surface area (Å²) in [5, 5.41) is 3.46. The largest absolute Gasteiger partial charge is 0.489 e. The molecule has 0 amide bonds. The van der Waals surface area contributed by atoms with Crippen LogP contribution in [0.2, 0.25) is 0 Å². The molecule has 0 aliphatic rings. The van der Waals surface area contributed by atoms with Gasteiger partial charge in [0.25, 0.3) is 0 Å². The highest BCUT2D eigenvalue weighted by atomic mass is 32.1. The molecule has 1 unspecified atom stereocenters. The third-order valence-corrected chi connectivity index (χ3v) is 4.45. The maximum Gasteiger partial charge on any atom is 0.119 e. The highest BCUT2D eigenvalue weighted by molar-refractivity contribution is 7.17. The summed E-state index contributed by atoms with van der Waals surface area (Å²) < 4.78 is 7.20. The van der Waals surface area contributed by atoms with Crippen molar-refractivity contribution in [3.8, 4) is 5.75 Å². The fraction of sp³-hybridized carbons (Fsp3) is 0.222. The molecule has 0 bridgehead atoms. The number of fused-ring (bicyclic) bond motifs is 1. The molecule has 1 atom stereocenters. The van der Waals surface area contributed by atoms with Crippen molar-refractivity contribution in [3.05, 3.63) is 65.0 Å². The lowest BCUT2D eigenvalue weighted by Gasteiger charge is -2.08. The Morgan fingerprint density at radius 3 is 2.62 bits per heavy atom. The van der Waals surface area contributed by atoms with E-state index < -0.39 is 0 Å². The van der Waals surface area contributed by atoms with Crippen molar-refractivity contribution in [1.82, 2.24) is 0 Å². The molecule has 1 aromatic heterocycles. The van der Waals surface area contributed by atoms with Crippen LogP contribution >= 0.6 is 11.3 Å². The van der Waals surface area contributed by atoms with Crippen LogP contribution in [-0.2, 0) is 13.0 Å². The Balaban J connectivity index is 1.67. The molecule has 0 fully saturated rings. The third kappa shape index (κ3) is 3.43. The monoisotopic (exact) mass is 297 g/mol. The molecule has 2 aromatic carbocycles. The number of hydrogen-bond donors (Lipinski definition) is 1. The van der Waals surface area contributed by atoms with Crippen molar-refractivity contribution in [2.24, 2.45) is 5.73 Å². The molecule has 0 aliphatic heterocycles. The van der Waals surface area contributed by atoms with E-state index in [0.717, 1.165) is 12.2 Å². The fourth-order valence-electron chi connectivity index (χ4n) is 2.40.